The lowest BCUT2D eigenvalue weighted by Gasteiger charge is -2.34. The molecule has 2 aromatic heterocycles. The molecule has 1 aliphatic rings. The van der Waals surface area contributed by atoms with Gasteiger partial charge in [-0.2, -0.15) is 0 Å². The van der Waals surface area contributed by atoms with Gasteiger partial charge in [0.2, 0.25) is 5.91 Å². The van der Waals surface area contributed by atoms with Gasteiger partial charge in [0.15, 0.2) is 5.13 Å². The summed E-state index contributed by atoms with van der Waals surface area (Å²) in [5, 5.41) is 3.02. The van der Waals surface area contributed by atoms with Crippen LogP contribution in [0.25, 0.3) is 16.3 Å². The lowest BCUT2D eigenvalue weighted by atomic mass is 10.3. The predicted molar refractivity (Wildman–Crippen MR) is 108 cm³/mol. The van der Waals surface area contributed by atoms with Crippen molar-refractivity contribution in [2.75, 3.05) is 38.2 Å². The average Bonchev–Trinajstić information content (AvgIpc) is 3.35. The van der Waals surface area contributed by atoms with Crippen LogP contribution in [0.5, 0.6) is 5.75 Å². The van der Waals surface area contributed by atoms with Gasteiger partial charge in [-0.15, -0.1) is 11.3 Å². The fraction of sp³-hybridized carbons (Fsp3) is 0.263. The Morgan fingerprint density at radius 3 is 2.81 bits per heavy atom. The van der Waals surface area contributed by atoms with E-state index in [1.807, 2.05) is 46.7 Å². The van der Waals surface area contributed by atoms with Crippen LogP contribution >= 0.6 is 22.7 Å². The first-order valence-electron chi connectivity index (χ1n) is 8.43. The zero-order chi connectivity index (χ0) is 17.9. The Morgan fingerprint density at radius 2 is 2.08 bits per heavy atom. The SMILES string of the molecule is COc1ccc2nc(N3CCN(C(=O)/C=C/c4cccs4)CC3)sc2c1. The number of ether oxygens (including phenoxy) is 1. The molecule has 1 amide bonds. The van der Waals surface area contributed by atoms with Crippen molar-refractivity contribution in [3.05, 3.63) is 46.7 Å². The van der Waals surface area contributed by atoms with Crippen LogP contribution in [0, 0.1) is 0 Å². The first-order chi connectivity index (χ1) is 12.7. The number of amides is 1. The minimum absolute atomic E-state index is 0.0760. The van der Waals surface area contributed by atoms with E-state index in [1.165, 1.54) is 0 Å². The van der Waals surface area contributed by atoms with E-state index in [9.17, 15) is 4.79 Å². The quantitative estimate of drug-likeness (QED) is 0.642. The summed E-state index contributed by atoms with van der Waals surface area (Å²) in [4.78, 5) is 22.3. The summed E-state index contributed by atoms with van der Waals surface area (Å²) in [7, 11) is 1.67. The highest BCUT2D eigenvalue weighted by Gasteiger charge is 2.22. The van der Waals surface area contributed by atoms with Gasteiger partial charge in [0.05, 0.1) is 17.3 Å². The molecule has 1 fully saturated rings. The minimum atomic E-state index is 0.0760. The van der Waals surface area contributed by atoms with E-state index in [-0.39, 0.29) is 5.91 Å². The summed E-state index contributed by atoms with van der Waals surface area (Å²) in [5.41, 5.74) is 0.989. The van der Waals surface area contributed by atoms with E-state index in [0.717, 1.165) is 39.1 Å². The fourth-order valence-corrected chi connectivity index (χ4v) is 4.58. The number of thiophene rings is 1. The number of aromatic nitrogens is 1. The van der Waals surface area contributed by atoms with Crippen LogP contribution in [-0.2, 0) is 4.79 Å². The van der Waals surface area contributed by atoms with E-state index in [1.54, 1.807) is 35.9 Å². The number of fused-ring (bicyclic) bond motifs is 1. The minimum Gasteiger partial charge on any atom is -0.497 e. The summed E-state index contributed by atoms with van der Waals surface area (Å²) in [6.07, 6.45) is 3.56. The Hall–Kier alpha value is -2.38. The number of hydrogen-bond acceptors (Lipinski definition) is 6. The van der Waals surface area contributed by atoms with E-state index >= 15 is 0 Å². The Labute approximate surface area is 160 Å². The Morgan fingerprint density at radius 1 is 1.23 bits per heavy atom. The highest BCUT2D eigenvalue weighted by molar-refractivity contribution is 7.22. The molecule has 0 aliphatic carbocycles. The van der Waals surface area contributed by atoms with Gasteiger partial charge in [-0.05, 0) is 35.7 Å². The lowest BCUT2D eigenvalue weighted by molar-refractivity contribution is -0.126. The van der Waals surface area contributed by atoms with Crippen LogP contribution in [0.2, 0.25) is 0 Å². The molecule has 1 aromatic carbocycles. The number of benzene rings is 1. The van der Waals surface area contributed by atoms with Gasteiger partial charge in [-0.3, -0.25) is 4.79 Å². The summed E-state index contributed by atoms with van der Waals surface area (Å²) < 4.78 is 6.40. The van der Waals surface area contributed by atoms with Crippen molar-refractivity contribution in [2.24, 2.45) is 0 Å². The van der Waals surface area contributed by atoms with Crippen LogP contribution in [0.4, 0.5) is 5.13 Å². The van der Waals surface area contributed by atoms with Crippen molar-refractivity contribution in [2.45, 2.75) is 0 Å². The Kier molecular flexibility index (Phi) is 4.90. The standard InChI is InChI=1S/C19H19N3O2S2/c1-24-14-4-6-16-17(13-14)26-19(20-16)22-10-8-21(9-11-22)18(23)7-5-15-3-2-12-25-15/h2-7,12-13H,8-11H2,1H3/b7-5+. The van der Waals surface area contributed by atoms with E-state index in [0.29, 0.717) is 13.1 Å². The van der Waals surface area contributed by atoms with Crippen molar-refractivity contribution in [1.29, 1.82) is 0 Å². The monoisotopic (exact) mass is 385 g/mol. The first-order valence-corrected chi connectivity index (χ1v) is 10.1. The zero-order valence-electron chi connectivity index (χ0n) is 14.4. The molecular weight excluding hydrogens is 366 g/mol. The molecule has 1 saturated heterocycles. The molecule has 4 rings (SSSR count). The second-order valence-corrected chi connectivity index (χ2v) is 7.98. The zero-order valence-corrected chi connectivity index (χ0v) is 16.1. The topological polar surface area (TPSA) is 45.7 Å². The van der Waals surface area contributed by atoms with Crippen LogP contribution in [0.15, 0.2) is 41.8 Å². The molecule has 0 radical (unpaired) electrons. The molecular formula is C19H19N3O2S2. The number of carbonyl (C=O) groups is 1. The molecule has 134 valence electrons. The van der Waals surface area contributed by atoms with Crippen LogP contribution < -0.4 is 9.64 Å². The number of piperazine rings is 1. The lowest BCUT2D eigenvalue weighted by Crippen LogP contribution is -2.48. The third-order valence-corrected chi connectivity index (χ3v) is 6.30. The number of methoxy groups -OCH3 is 1. The molecule has 0 saturated carbocycles. The summed E-state index contributed by atoms with van der Waals surface area (Å²) in [6, 6.07) is 9.94. The molecule has 3 aromatic rings. The van der Waals surface area contributed by atoms with Crippen LogP contribution in [0.1, 0.15) is 4.88 Å². The molecule has 0 unspecified atom stereocenters. The second kappa shape index (κ2) is 7.47. The smallest absolute Gasteiger partial charge is 0.246 e. The molecule has 3 heterocycles. The summed E-state index contributed by atoms with van der Waals surface area (Å²) in [6.45, 7) is 3.03. The number of rotatable bonds is 4. The van der Waals surface area contributed by atoms with E-state index in [2.05, 4.69) is 4.90 Å². The van der Waals surface area contributed by atoms with Crippen molar-refractivity contribution in [1.82, 2.24) is 9.88 Å². The highest BCUT2D eigenvalue weighted by atomic mass is 32.1. The second-order valence-electron chi connectivity index (χ2n) is 5.99. The molecule has 0 atom stereocenters. The number of anilines is 1. The first kappa shape index (κ1) is 17.1. The van der Waals surface area contributed by atoms with Gasteiger partial charge in [-0.1, -0.05) is 17.4 Å². The third-order valence-electron chi connectivity index (χ3n) is 4.38. The molecule has 5 nitrogen and oxygen atoms in total. The van der Waals surface area contributed by atoms with Crippen molar-refractivity contribution in [3.8, 4) is 5.75 Å². The van der Waals surface area contributed by atoms with Gasteiger partial charge >= 0.3 is 0 Å². The molecule has 0 N–H and O–H groups in total. The Balaban J connectivity index is 1.39. The molecule has 26 heavy (non-hydrogen) atoms. The maximum atomic E-state index is 12.3. The van der Waals surface area contributed by atoms with E-state index in [4.69, 9.17) is 9.72 Å². The normalized spacial score (nSPS) is 15.1. The number of carbonyl (C=O) groups excluding carboxylic acids is 1. The van der Waals surface area contributed by atoms with Gasteiger partial charge in [0.1, 0.15) is 5.75 Å². The van der Waals surface area contributed by atoms with Crippen LogP contribution in [0.3, 0.4) is 0 Å². The van der Waals surface area contributed by atoms with Gasteiger partial charge < -0.3 is 14.5 Å². The third kappa shape index (κ3) is 3.59. The predicted octanol–water partition coefficient (Wildman–Crippen LogP) is 3.73. The van der Waals surface area contributed by atoms with Crippen LogP contribution in [-0.4, -0.2) is 49.1 Å². The molecule has 1 aliphatic heterocycles. The largest absolute Gasteiger partial charge is 0.497 e. The van der Waals surface area contributed by atoms with Gasteiger partial charge in [-0.25, -0.2) is 4.98 Å². The highest BCUT2D eigenvalue weighted by Crippen LogP contribution is 2.31. The van der Waals surface area contributed by atoms with Crippen molar-refractivity contribution in [3.63, 3.8) is 0 Å². The maximum absolute atomic E-state index is 12.3. The molecule has 0 bridgehead atoms. The van der Waals surface area contributed by atoms with E-state index < -0.39 is 0 Å². The van der Waals surface area contributed by atoms with Gasteiger partial charge in [0.25, 0.3) is 0 Å². The van der Waals surface area contributed by atoms with Crippen molar-refractivity contribution >= 4 is 50.0 Å². The average molecular weight is 386 g/mol. The number of thiazole rings is 1. The fourth-order valence-electron chi connectivity index (χ4n) is 2.92. The summed E-state index contributed by atoms with van der Waals surface area (Å²) in [5.74, 6) is 0.924. The Bertz CT molecular complexity index is 926. The maximum Gasteiger partial charge on any atom is 0.246 e. The van der Waals surface area contributed by atoms with Gasteiger partial charge in [0, 0.05) is 37.1 Å². The number of hydrogen-bond donors (Lipinski definition) is 0. The molecule has 7 heteroatoms. The number of nitrogens with zero attached hydrogens (tertiary/aromatic N) is 3. The summed E-state index contributed by atoms with van der Waals surface area (Å²) >= 11 is 3.30. The van der Waals surface area contributed by atoms with Crippen molar-refractivity contribution < 1.29 is 9.53 Å². The molecule has 0 spiro atoms.